The minimum Gasteiger partial charge on any atom is -0.497 e. The first-order valence-corrected chi connectivity index (χ1v) is 4.88. The van der Waals surface area contributed by atoms with Crippen molar-refractivity contribution in [2.24, 2.45) is 0 Å². The highest BCUT2D eigenvalue weighted by Gasteiger charge is 2.16. The highest BCUT2D eigenvalue weighted by molar-refractivity contribution is 14.1. The van der Waals surface area contributed by atoms with Gasteiger partial charge in [0.1, 0.15) is 5.75 Å². The number of rotatable bonds is 1. The van der Waals surface area contributed by atoms with Crippen molar-refractivity contribution in [3.8, 4) is 5.75 Å². The first kappa shape index (κ1) is 8.16. The molecule has 0 fully saturated rings. The molecule has 1 aromatic carbocycles. The lowest BCUT2D eigenvalue weighted by atomic mass is 10.2. The molecule has 0 N–H and O–H groups in total. The minimum absolute atomic E-state index is 0.942. The van der Waals surface area contributed by atoms with E-state index in [1.165, 1.54) is 11.3 Å². The number of fused-ring (bicyclic) bond motifs is 1. The van der Waals surface area contributed by atoms with Crippen LogP contribution >= 0.6 is 22.9 Å². The van der Waals surface area contributed by atoms with Gasteiger partial charge in [0.15, 0.2) is 0 Å². The molecule has 0 amide bonds. The molecule has 0 aromatic heterocycles. The first-order valence-electron chi connectivity index (χ1n) is 3.91. The lowest BCUT2D eigenvalue weighted by Gasteiger charge is -2.09. The van der Waals surface area contributed by atoms with E-state index in [0.29, 0.717) is 0 Å². The predicted molar refractivity (Wildman–Crippen MR) is 58.1 cm³/mol. The number of hydrogen-bond donors (Lipinski definition) is 0. The number of ether oxygens (including phenoxy) is 1. The molecule has 1 aliphatic heterocycles. The molecule has 1 aliphatic rings. The van der Waals surface area contributed by atoms with Crippen LogP contribution in [0.5, 0.6) is 5.75 Å². The Morgan fingerprint density at radius 3 is 3.08 bits per heavy atom. The highest BCUT2D eigenvalue weighted by atomic mass is 127. The summed E-state index contributed by atoms with van der Waals surface area (Å²) in [7, 11) is 1.70. The summed E-state index contributed by atoms with van der Waals surface area (Å²) in [5.74, 6) is 0.942. The summed E-state index contributed by atoms with van der Waals surface area (Å²) in [6.45, 7) is 1.11. The number of halogens is 1. The van der Waals surface area contributed by atoms with Gasteiger partial charge in [0.2, 0.25) is 0 Å². The van der Waals surface area contributed by atoms with Crippen LogP contribution in [0.25, 0.3) is 0 Å². The molecule has 3 heteroatoms. The van der Waals surface area contributed by atoms with E-state index in [-0.39, 0.29) is 0 Å². The van der Waals surface area contributed by atoms with Crippen LogP contribution in [0.4, 0.5) is 5.69 Å². The molecular formula is C9H10INO. The third-order valence-corrected chi connectivity index (χ3v) is 3.13. The largest absolute Gasteiger partial charge is 0.497 e. The van der Waals surface area contributed by atoms with E-state index < -0.39 is 0 Å². The van der Waals surface area contributed by atoms with Gasteiger partial charge in [-0.2, -0.15) is 0 Å². The van der Waals surface area contributed by atoms with Crippen LogP contribution in [0.1, 0.15) is 5.56 Å². The molecule has 0 atom stereocenters. The molecular weight excluding hydrogens is 265 g/mol. The van der Waals surface area contributed by atoms with Crippen LogP contribution in [-0.4, -0.2) is 13.7 Å². The van der Waals surface area contributed by atoms with Crippen LogP contribution in [0.3, 0.4) is 0 Å². The van der Waals surface area contributed by atoms with E-state index in [2.05, 4.69) is 38.1 Å². The molecule has 64 valence electrons. The lowest BCUT2D eigenvalue weighted by Crippen LogP contribution is -2.03. The summed E-state index contributed by atoms with van der Waals surface area (Å²) >= 11 is 2.33. The first-order chi connectivity index (χ1) is 5.81. The number of anilines is 1. The maximum Gasteiger partial charge on any atom is 0.120 e. The summed E-state index contributed by atoms with van der Waals surface area (Å²) in [5, 5.41) is 0. The van der Waals surface area contributed by atoms with Gasteiger partial charge >= 0.3 is 0 Å². The second-order valence-corrected chi connectivity index (χ2v) is 4.00. The Hall–Kier alpha value is -0.450. The topological polar surface area (TPSA) is 12.5 Å². The number of nitrogens with zero attached hydrogens (tertiary/aromatic N) is 1. The number of benzene rings is 1. The molecule has 12 heavy (non-hydrogen) atoms. The molecule has 2 rings (SSSR count). The molecule has 2 nitrogen and oxygen atoms in total. The normalized spacial score (nSPS) is 14.7. The van der Waals surface area contributed by atoms with Crippen LogP contribution in [0.15, 0.2) is 18.2 Å². The van der Waals surface area contributed by atoms with E-state index >= 15 is 0 Å². The lowest BCUT2D eigenvalue weighted by molar-refractivity contribution is 0.415. The molecule has 0 aliphatic carbocycles. The Bertz CT molecular complexity index is 301. The molecule has 0 bridgehead atoms. The third-order valence-electron chi connectivity index (χ3n) is 2.13. The van der Waals surface area contributed by atoms with Gasteiger partial charge in [-0.05, 0) is 18.1 Å². The SMILES string of the molecule is COc1ccc2c(c1)N(I)CC2. The minimum atomic E-state index is 0.942. The quantitative estimate of drug-likeness (QED) is 0.576. The number of methoxy groups -OCH3 is 1. The van der Waals surface area contributed by atoms with E-state index in [4.69, 9.17) is 4.74 Å². The van der Waals surface area contributed by atoms with Crippen molar-refractivity contribution in [3.63, 3.8) is 0 Å². The molecule has 0 unspecified atom stereocenters. The summed E-state index contributed by atoms with van der Waals surface area (Å²) < 4.78 is 7.39. The van der Waals surface area contributed by atoms with Gasteiger partial charge < -0.3 is 7.85 Å². The van der Waals surface area contributed by atoms with Gasteiger partial charge in [-0.25, -0.2) is 0 Å². The van der Waals surface area contributed by atoms with Crippen molar-refractivity contribution < 1.29 is 4.74 Å². The average molecular weight is 275 g/mol. The van der Waals surface area contributed by atoms with Crippen molar-refractivity contribution >= 4 is 28.6 Å². The molecule has 0 radical (unpaired) electrons. The second kappa shape index (κ2) is 3.12. The summed E-state index contributed by atoms with van der Waals surface area (Å²) in [6.07, 6.45) is 1.16. The van der Waals surface area contributed by atoms with Crippen molar-refractivity contribution in [1.29, 1.82) is 0 Å². The average Bonchev–Trinajstić information content (AvgIpc) is 2.47. The molecule has 1 aromatic rings. The van der Waals surface area contributed by atoms with Crippen molar-refractivity contribution in [2.75, 3.05) is 16.8 Å². The molecule has 1 heterocycles. The van der Waals surface area contributed by atoms with E-state index in [1.54, 1.807) is 7.11 Å². The van der Waals surface area contributed by atoms with Gasteiger partial charge in [0.05, 0.1) is 35.7 Å². The Kier molecular flexibility index (Phi) is 2.12. The zero-order valence-corrected chi connectivity index (χ0v) is 9.04. The van der Waals surface area contributed by atoms with Crippen LogP contribution < -0.4 is 7.85 Å². The van der Waals surface area contributed by atoms with E-state index in [0.717, 1.165) is 18.7 Å². The zero-order valence-electron chi connectivity index (χ0n) is 6.88. The Labute approximate surface area is 86.0 Å². The van der Waals surface area contributed by atoms with Crippen LogP contribution in [-0.2, 0) is 6.42 Å². The smallest absolute Gasteiger partial charge is 0.120 e. The predicted octanol–water partition coefficient (Wildman–Crippen LogP) is 2.41. The van der Waals surface area contributed by atoms with Crippen molar-refractivity contribution in [2.45, 2.75) is 6.42 Å². The molecule has 0 spiro atoms. The van der Waals surface area contributed by atoms with Gasteiger partial charge in [-0.1, -0.05) is 6.07 Å². The third kappa shape index (κ3) is 1.26. The monoisotopic (exact) mass is 275 g/mol. The Morgan fingerprint density at radius 1 is 1.50 bits per heavy atom. The summed E-state index contributed by atoms with van der Waals surface area (Å²) in [4.78, 5) is 0. The Balaban J connectivity index is 2.43. The Morgan fingerprint density at radius 2 is 2.33 bits per heavy atom. The van der Waals surface area contributed by atoms with Crippen molar-refractivity contribution in [3.05, 3.63) is 23.8 Å². The van der Waals surface area contributed by atoms with Gasteiger partial charge in [0, 0.05) is 12.6 Å². The zero-order chi connectivity index (χ0) is 8.55. The maximum absolute atomic E-state index is 5.16. The number of hydrogen-bond acceptors (Lipinski definition) is 2. The fourth-order valence-electron chi connectivity index (χ4n) is 1.45. The fraction of sp³-hybridized carbons (Fsp3) is 0.333. The van der Waals surface area contributed by atoms with E-state index in [9.17, 15) is 0 Å². The summed E-state index contributed by atoms with van der Waals surface area (Å²) in [6, 6.07) is 6.26. The molecule has 0 saturated heterocycles. The molecule has 0 saturated carbocycles. The highest BCUT2D eigenvalue weighted by Crippen LogP contribution is 2.33. The maximum atomic E-state index is 5.16. The standard InChI is InChI=1S/C9H10INO/c1-12-8-3-2-7-4-5-11(10)9(7)6-8/h2-3,6H,4-5H2,1H3. The van der Waals surface area contributed by atoms with Crippen molar-refractivity contribution in [1.82, 2.24) is 0 Å². The fourth-order valence-corrected chi connectivity index (χ4v) is 2.14. The van der Waals surface area contributed by atoms with Gasteiger partial charge in [-0.3, -0.25) is 0 Å². The summed E-state index contributed by atoms with van der Waals surface area (Å²) in [5.41, 5.74) is 2.72. The van der Waals surface area contributed by atoms with E-state index in [1.807, 2.05) is 6.07 Å². The second-order valence-electron chi connectivity index (χ2n) is 2.83. The van der Waals surface area contributed by atoms with Gasteiger partial charge in [0.25, 0.3) is 0 Å². The van der Waals surface area contributed by atoms with Gasteiger partial charge in [-0.15, -0.1) is 0 Å². The van der Waals surface area contributed by atoms with Crippen LogP contribution in [0, 0.1) is 0 Å². The van der Waals surface area contributed by atoms with Crippen LogP contribution in [0.2, 0.25) is 0 Å².